The van der Waals surface area contributed by atoms with Gasteiger partial charge in [-0.25, -0.2) is 0 Å². The van der Waals surface area contributed by atoms with E-state index in [-0.39, 0.29) is 0 Å². The first kappa shape index (κ1) is 16.3. The van der Waals surface area contributed by atoms with E-state index in [1.807, 2.05) is 0 Å². The topological polar surface area (TPSA) is 15.3 Å². The number of piperidine rings is 1. The summed E-state index contributed by atoms with van der Waals surface area (Å²) in [4.78, 5) is 2.66. The van der Waals surface area contributed by atoms with Crippen molar-refractivity contribution >= 4 is 0 Å². The third-order valence-electron chi connectivity index (χ3n) is 5.71. The summed E-state index contributed by atoms with van der Waals surface area (Å²) < 4.78 is 0. The molecule has 2 aliphatic rings. The van der Waals surface area contributed by atoms with Gasteiger partial charge in [0.05, 0.1) is 0 Å². The molecule has 2 nitrogen and oxygen atoms in total. The molecule has 1 aliphatic carbocycles. The predicted molar refractivity (Wildman–Crippen MR) is 88.1 cm³/mol. The Kier molecular flexibility index (Phi) is 5.92. The molecule has 1 heterocycles. The maximum absolute atomic E-state index is 3.70. The summed E-state index contributed by atoms with van der Waals surface area (Å²) in [5, 5.41) is 3.70. The van der Waals surface area contributed by atoms with E-state index >= 15 is 0 Å². The zero-order valence-corrected chi connectivity index (χ0v) is 14.3. The van der Waals surface area contributed by atoms with Crippen molar-refractivity contribution in [3.8, 4) is 0 Å². The van der Waals surface area contributed by atoms with Gasteiger partial charge in [-0.05, 0) is 63.5 Å². The molecular formula is C18H36N2. The second-order valence-electron chi connectivity index (χ2n) is 8.31. The monoisotopic (exact) mass is 280 g/mol. The Hall–Kier alpha value is -0.0800. The lowest BCUT2D eigenvalue weighted by atomic mass is 9.76. The van der Waals surface area contributed by atoms with Gasteiger partial charge in [0.15, 0.2) is 0 Å². The minimum Gasteiger partial charge on any atom is -0.313 e. The van der Waals surface area contributed by atoms with E-state index < -0.39 is 0 Å². The van der Waals surface area contributed by atoms with Gasteiger partial charge in [-0.1, -0.05) is 33.6 Å². The summed E-state index contributed by atoms with van der Waals surface area (Å²) in [5.41, 5.74) is 0.498. The third kappa shape index (κ3) is 4.73. The van der Waals surface area contributed by atoms with Gasteiger partial charge in [0.2, 0.25) is 0 Å². The largest absolute Gasteiger partial charge is 0.313 e. The first-order valence-corrected chi connectivity index (χ1v) is 8.90. The van der Waals surface area contributed by atoms with Gasteiger partial charge >= 0.3 is 0 Å². The average Bonchev–Trinajstić information content (AvgIpc) is 2.65. The molecule has 1 saturated heterocycles. The van der Waals surface area contributed by atoms with E-state index in [1.54, 1.807) is 0 Å². The summed E-state index contributed by atoms with van der Waals surface area (Å²) in [6.07, 6.45) is 11.3. The van der Waals surface area contributed by atoms with Gasteiger partial charge in [-0.2, -0.15) is 0 Å². The van der Waals surface area contributed by atoms with Crippen LogP contribution < -0.4 is 5.32 Å². The Morgan fingerprint density at radius 3 is 2.40 bits per heavy atom. The summed E-state index contributed by atoms with van der Waals surface area (Å²) in [6, 6.07) is 1.57. The molecule has 2 rings (SSSR count). The third-order valence-corrected chi connectivity index (χ3v) is 5.71. The minimum absolute atomic E-state index is 0.498. The van der Waals surface area contributed by atoms with Crippen molar-refractivity contribution in [3.05, 3.63) is 0 Å². The van der Waals surface area contributed by atoms with Crippen LogP contribution in [0.1, 0.15) is 72.1 Å². The molecule has 118 valence electrons. The number of nitrogens with one attached hydrogen (secondary N) is 1. The maximum atomic E-state index is 3.70. The van der Waals surface area contributed by atoms with Crippen LogP contribution in [-0.2, 0) is 0 Å². The fourth-order valence-corrected chi connectivity index (χ4v) is 4.17. The minimum atomic E-state index is 0.498. The van der Waals surface area contributed by atoms with Crippen LogP contribution in [0, 0.1) is 11.3 Å². The highest BCUT2D eigenvalue weighted by atomic mass is 15.2. The number of hydrogen-bond acceptors (Lipinski definition) is 2. The molecule has 0 aromatic rings. The summed E-state index contributed by atoms with van der Waals surface area (Å²) in [5.74, 6) is 0.925. The molecule has 2 fully saturated rings. The Bertz CT molecular complexity index is 276. The summed E-state index contributed by atoms with van der Waals surface area (Å²) >= 11 is 0. The van der Waals surface area contributed by atoms with Crippen LogP contribution in [0.2, 0.25) is 0 Å². The second-order valence-corrected chi connectivity index (χ2v) is 8.31. The molecule has 1 N–H and O–H groups in total. The van der Waals surface area contributed by atoms with Gasteiger partial charge < -0.3 is 10.2 Å². The molecule has 0 bridgehead atoms. The molecule has 3 atom stereocenters. The lowest BCUT2D eigenvalue weighted by molar-refractivity contribution is 0.176. The Morgan fingerprint density at radius 1 is 0.950 bits per heavy atom. The molecule has 0 aromatic carbocycles. The molecule has 0 radical (unpaired) electrons. The molecule has 0 amide bonds. The first-order chi connectivity index (χ1) is 9.47. The Balaban J connectivity index is 1.80. The van der Waals surface area contributed by atoms with E-state index in [4.69, 9.17) is 0 Å². The maximum Gasteiger partial charge on any atom is 0.0195 e. The van der Waals surface area contributed by atoms with Crippen molar-refractivity contribution < 1.29 is 0 Å². The van der Waals surface area contributed by atoms with Crippen molar-refractivity contribution in [2.24, 2.45) is 11.3 Å². The number of nitrogens with zero attached hydrogens (tertiary/aromatic N) is 1. The second kappa shape index (κ2) is 7.26. The van der Waals surface area contributed by atoms with Crippen molar-refractivity contribution in [2.75, 3.05) is 20.1 Å². The van der Waals surface area contributed by atoms with Gasteiger partial charge in [-0.3, -0.25) is 0 Å². The molecule has 0 aromatic heterocycles. The summed E-state index contributed by atoms with van der Waals surface area (Å²) in [6.45, 7) is 9.76. The SMILES string of the molecule is CN(CC1CCCCN1)C1CCCC(C(C)(C)C)CC1. The zero-order chi connectivity index (χ0) is 14.6. The number of hydrogen-bond donors (Lipinski definition) is 1. The Labute approximate surface area is 126 Å². The molecule has 20 heavy (non-hydrogen) atoms. The highest BCUT2D eigenvalue weighted by molar-refractivity contribution is 4.84. The van der Waals surface area contributed by atoms with Gasteiger partial charge in [0.25, 0.3) is 0 Å². The van der Waals surface area contributed by atoms with Crippen LogP contribution >= 0.6 is 0 Å². The molecule has 1 aliphatic heterocycles. The van der Waals surface area contributed by atoms with Crippen molar-refractivity contribution in [1.82, 2.24) is 10.2 Å². The molecule has 0 spiro atoms. The molecule has 1 saturated carbocycles. The van der Waals surface area contributed by atoms with Crippen molar-refractivity contribution in [2.45, 2.75) is 84.2 Å². The molecular weight excluding hydrogens is 244 g/mol. The normalized spacial score (nSPS) is 33.1. The molecule has 3 unspecified atom stereocenters. The lowest BCUT2D eigenvalue weighted by Gasteiger charge is -2.33. The summed E-state index contributed by atoms with van der Waals surface area (Å²) in [7, 11) is 2.36. The molecule has 2 heteroatoms. The number of rotatable bonds is 3. The van der Waals surface area contributed by atoms with Crippen LogP contribution in [0.15, 0.2) is 0 Å². The van der Waals surface area contributed by atoms with E-state index in [2.05, 4.69) is 38.0 Å². The van der Waals surface area contributed by atoms with E-state index in [0.717, 1.165) is 18.0 Å². The van der Waals surface area contributed by atoms with Gasteiger partial charge in [0.1, 0.15) is 0 Å². The van der Waals surface area contributed by atoms with Gasteiger partial charge in [-0.15, -0.1) is 0 Å². The standard InChI is InChI=1S/C18H36N2/c1-18(2,3)15-8-7-10-17(12-11-15)20(4)14-16-9-5-6-13-19-16/h15-17,19H,5-14H2,1-4H3. The fourth-order valence-electron chi connectivity index (χ4n) is 4.17. The van der Waals surface area contributed by atoms with Crippen molar-refractivity contribution in [1.29, 1.82) is 0 Å². The van der Waals surface area contributed by atoms with Crippen LogP contribution in [0.25, 0.3) is 0 Å². The van der Waals surface area contributed by atoms with Gasteiger partial charge in [0, 0.05) is 18.6 Å². The highest BCUT2D eigenvalue weighted by Gasteiger charge is 2.29. The van der Waals surface area contributed by atoms with Crippen LogP contribution in [0.4, 0.5) is 0 Å². The Morgan fingerprint density at radius 2 is 1.75 bits per heavy atom. The first-order valence-electron chi connectivity index (χ1n) is 8.90. The lowest BCUT2D eigenvalue weighted by Crippen LogP contribution is -2.45. The number of likely N-dealkylation sites (N-methyl/N-ethyl adjacent to an activating group) is 1. The highest BCUT2D eigenvalue weighted by Crippen LogP contribution is 2.37. The van der Waals surface area contributed by atoms with E-state index in [1.165, 1.54) is 64.5 Å². The van der Waals surface area contributed by atoms with E-state index in [9.17, 15) is 0 Å². The van der Waals surface area contributed by atoms with Crippen LogP contribution in [0.5, 0.6) is 0 Å². The fraction of sp³-hybridized carbons (Fsp3) is 1.00. The zero-order valence-electron chi connectivity index (χ0n) is 14.3. The smallest absolute Gasteiger partial charge is 0.0195 e. The van der Waals surface area contributed by atoms with Crippen LogP contribution in [0.3, 0.4) is 0 Å². The predicted octanol–water partition coefficient (Wildman–Crippen LogP) is 4.06. The van der Waals surface area contributed by atoms with Crippen molar-refractivity contribution in [3.63, 3.8) is 0 Å². The quantitative estimate of drug-likeness (QED) is 0.784. The average molecular weight is 281 g/mol. The van der Waals surface area contributed by atoms with Crippen LogP contribution in [-0.4, -0.2) is 37.1 Å². The van der Waals surface area contributed by atoms with E-state index in [0.29, 0.717) is 5.41 Å².